The van der Waals surface area contributed by atoms with Gasteiger partial charge in [0.1, 0.15) is 0 Å². The van der Waals surface area contributed by atoms with Crippen LogP contribution in [0.1, 0.15) is 25.7 Å². The second-order valence-electron chi connectivity index (χ2n) is 5.26. The summed E-state index contributed by atoms with van der Waals surface area (Å²) in [6.45, 7) is 2.13. The van der Waals surface area contributed by atoms with E-state index in [0.717, 1.165) is 42.9 Å². The number of amides is 1. The summed E-state index contributed by atoms with van der Waals surface area (Å²) in [5.41, 5.74) is 0.730. The Kier molecular flexibility index (Phi) is 7.93. The molecule has 1 amide bonds. The van der Waals surface area contributed by atoms with E-state index in [4.69, 9.17) is 0 Å². The second kappa shape index (κ2) is 9.18. The number of carbonyl (C=O) groups is 1. The lowest BCUT2D eigenvalue weighted by atomic mass is 9.93. The zero-order valence-corrected chi connectivity index (χ0v) is 13.9. The quantitative estimate of drug-likeness (QED) is 0.872. The van der Waals surface area contributed by atoms with Crippen molar-refractivity contribution in [1.82, 2.24) is 5.32 Å². The van der Waals surface area contributed by atoms with E-state index in [9.17, 15) is 9.00 Å². The van der Waals surface area contributed by atoms with E-state index in [1.165, 1.54) is 0 Å². The lowest BCUT2D eigenvalue weighted by Gasteiger charge is -2.22. The third-order valence-electron chi connectivity index (χ3n) is 3.69. The highest BCUT2D eigenvalue weighted by Gasteiger charge is 2.14. The fourth-order valence-electron chi connectivity index (χ4n) is 2.48. The number of nitrogens with one attached hydrogen (secondary N) is 2. The van der Waals surface area contributed by atoms with Gasteiger partial charge in [-0.15, -0.1) is 12.4 Å². The molecule has 1 fully saturated rings. The maximum Gasteiger partial charge on any atom is 0.224 e. The highest BCUT2D eigenvalue weighted by Crippen LogP contribution is 2.19. The highest BCUT2D eigenvalue weighted by molar-refractivity contribution is 7.84. The van der Waals surface area contributed by atoms with Gasteiger partial charge in [0.2, 0.25) is 5.91 Å². The van der Waals surface area contributed by atoms with Crippen LogP contribution in [0.5, 0.6) is 0 Å². The van der Waals surface area contributed by atoms with Crippen molar-refractivity contribution in [3.05, 3.63) is 24.3 Å². The van der Waals surface area contributed by atoms with E-state index in [1.54, 1.807) is 18.4 Å². The smallest absolute Gasteiger partial charge is 0.224 e. The van der Waals surface area contributed by atoms with Crippen LogP contribution in [0.3, 0.4) is 0 Å². The topological polar surface area (TPSA) is 58.2 Å². The van der Waals surface area contributed by atoms with Crippen LogP contribution in [0, 0.1) is 5.92 Å². The van der Waals surface area contributed by atoms with Crippen LogP contribution in [-0.4, -0.2) is 29.5 Å². The van der Waals surface area contributed by atoms with Gasteiger partial charge in [-0.25, -0.2) is 0 Å². The number of hydrogen-bond donors (Lipinski definition) is 2. The summed E-state index contributed by atoms with van der Waals surface area (Å²) in [6, 6.07) is 7.23. The highest BCUT2D eigenvalue weighted by atomic mass is 35.5. The number of piperidine rings is 1. The van der Waals surface area contributed by atoms with Gasteiger partial charge in [-0.05, 0) is 56.5 Å². The number of anilines is 1. The molecule has 0 spiro atoms. The minimum atomic E-state index is -1.02. The van der Waals surface area contributed by atoms with Crippen molar-refractivity contribution < 1.29 is 9.00 Å². The molecule has 0 aromatic heterocycles. The largest absolute Gasteiger partial charge is 0.326 e. The van der Waals surface area contributed by atoms with Crippen molar-refractivity contribution in [2.24, 2.45) is 5.92 Å². The Morgan fingerprint density at radius 3 is 2.76 bits per heavy atom. The molecule has 118 valence electrons. The predicted octanol–water partition coefficient (Wildman–Crippen LogP) is 2.56. The number of rotatable bonds is 5. The molecular formula is C15H23ClN2O2S. The third-order valence-corrected chi connectivity index (χ3v) is 4.61. The first-order valence-corrected chi connectivity index (χ1v) is 8.65. The van der Waals surface area contributed by atoms with Gasteiger partial charge in [0.05, 0.1) is 0 Å². The summed E-state index contributed by atoms with van der Waals surface area (Å²) in [4.78, 5) is 12.7. The molecule has 6 heteroatoms. The second-order valence-corrected chi connectivity index (χ2v) is 6.64. The van der Waals surface area contributed by atoms with Gasteiger partial charge in [-0.2, -0.15) is 0 Å². The average molecular weight is 331 g/mol. The van der Waals surface area contributed by atoms with E-state index in [-0.39, 0.29) is 18.3 Å². The molecule has 0 bridgehead atoms. The minimum Gasteiger partial charge on any atom is -0.326 e. The maximum absolute atomic E-state index is 11.9. The molecule has 1 heterocycles. The van der Waals surface area contributed by atoms with Gasteiger partial charge in [0.25, 0.3) is 0 Å². The molecule has 4 nitrogen and oxygen atoms in total. The van der Waals surface area contributed by atoms with E-state index in [0.29, 0.717) is 12.3 Å². The number of halogens is 1. The molecule has 1 aliphatic rings. The molecule has 2 rings (SSSR count). The van der Waals surface area contributed by atoms with Crippen molar-refractivity contribution in [1.29, 1.82) is 0 Å². The van der Waals surface area contributed by atoms with Crippen molar-refractivity contribution in [3.8, 4) is 0 Å². The Labute approximate surface area is 134 Å². The summed E-state index contributed by atoms with van der Waals surface area (Å²) in [6.07, 6.45) is 5.48. The minimum absolute atomic E-state index is 0. The first-order chi connectivity index (χ1) is 9.65. The van der Waals surface area contributed by atoms with Crippen LogP contribution in [0.2, 0.25) is 0 Å². The van der Waals surface area contributed by atoms with Crippen molar-refractivity contribution >= 4 is 34.8 Å². The maximum atomic E-state index is 11.9. The zero-order valence-electron chi connectivity index (χ0n) is 12.3. The van der Waals surface area contributed by atoms with Gasteiger partial charge >= 0.3 is 0 Å². The Morgan fingerprint density at radius 1 is 1.38 bits per heavy atom. The summed E-state index contributed by atoms with van der Waals surface area (Å²) >= 11 is 0. The standard InChI is InChI=1S/C15H22N2O2S.ClH/c1-20(19)14-4-2-3-13(11-14)17-15(18)6-5-12-7-9-16-10-8-12;/h2-4,11-12,16H,5-10H2,1H3,(H,17,18);1H. The van der Waals surface area contributed by atoms with Gasteiger partial charge < -0.3 is 10.6 Å². The van der Waals surface area contributed by atoms with Crippen molar-refractivity contribution in [2.45, 2.75) is 30.6 Å². The molecule has 0 radical (unpaired) electrons. The summed E-state index contributed by atoms with van der Waals surface area (Å²) in [5, 5.41) is 6.22. The number of hydrogen-bond acceptors (Lipinski definition) is 3. The molecule has 1 aromatic rings. The third kappa shape index (κ3) is 6.16. The van der Waals surface area contributed by atoms with E-state index >= 15 is 0 Å². The summed E-state index contributed by atoms with van der Waals surface area (Å²) in [7, 11) is -1.02. The fraction of sp³-hybridized carbons (Fsp3) is 0.533. The van der Waals surface area contributed by atoms with E-state index < -0.39 is 10.8 Å². The van der Waals surface area contributed by atoms with Gasteiger partial charge in [0.15, 0.2) is 0 Å². The molecule has 1 atom stereocenters. The van der Waals surface area contributed by atoms with Crippen molar-refractivity contribution in [3.63, 3.8) is 0 Å². The Balaban J connectivity index is 0.00000220. The average Bonchev–Trinajstić information content (AvgIpc) is 2.46. The molecule has 0 aliphatic carbocycles. The van der Waals surface area contributed by atoms with Gasteiger partial charge in [0, 0.05) is 34.1 Å². The fourth-order valence-corrected chi connectivity index (χ4v) is 3.04. The predicted molar refractivity (Wildman–Crippen MR) is 89.5 cm³/mol. The van der Waals surface area contributed by atoms with Crippen LogP contribution in [0.4, 0.5) is 5.69 Å². The van der Waals surface area contributed by atoms with Crippen LogP contribution < -0.4 is 10.6 Å². The van der Waals surface area contributed by atoms with Crippen molar-refractivity contribution in [2.75, 3.05) is 24.7 Å². The Hall–Kier alpha value is -0.910. The van der Waals surface area contributed by atoms with Gasteiger partial charge in [-0.1, -0.05) is 6.07 Å². The number of carbonyl (C=O) groups excluding carboxylic acids is 1. The first-order valence-electron chi connectivity index (χ1n) is 7.09. The SMILES string of the molecule is CS(=O)c1cccc(NC(=O)CCC2CCNCC2)c1.Cl. The van der Waals surface area contributed by atoms with E-state index in [2.05, 4.69) is 10.6 Å². The molecule has 0 saturated carbocycles. The monoisotopic (exact) mass is 330 g/mol. The summed E-state index contributed by atoms with van der Waals surface area (Å²) < 4.78 is 11.4. The Morgan fingerprint density at radius 2 is 2.10 bits per heavy atom. The molecule has 1 unspecified atom stereocenters. The normalized spacial score (nSPS) is 16.8. The van der Waals surface area contributed by atoms with Gasteiger partial charge in [-0.3, -0.25) is 9.00 Å². The number of benzene rings is 1. The first kappa shape index (κ1) is 18.1. The van der Waals surface area contributed by atoms with E-state index in [1.807, 2.05) is 12.1 Å². The van der Waals surface area contributed by atoms with Crippen LogP contribution in [-0.2, 0) is 15.6 Å². The molecule has 1 aromatic carbocycles. The van der Waals surface area contributed by atoms with Crippen LogP contribution in [0.25, 0.3) is 0 Å². The zero-order chi connectivity index (χ0) is 14.4. The van der Waals surface area contributed by atoms with Crippen LogP contribution in [0.15, 0.2) is 29.2 Å². The molecule has 1 aliphatic heterocycles. The summed E-state index contributed by atoms with van der Waals surface area (Å²) in [5.74, 6) is 0.707. The molecular weight excluding hydrogens is 308 g/mol. The molecule has 2 N–H and O–H groups in total. The lowest BCUT2D eigenvalue weighted by molar-refractivity contribution is -0.116. The molecule has 21 heavy (non-hydrogen) atoms. The lowest BCUT2D eigenvalue weighted by Crippen LogP contribution is -2.28. The molecule has 1 saturated heterocycles. The van der Waals surface area contributed by atoms with Crippen LogP contribution >= 0.6 is 12.4 Å². The Bertz CT molecular complexity index is 490.